The van der Waals surface area contributed by atoms with Gasteiger partial charge >= 0.3 is 0 Å². The van der Waals surface area contributed by atoms with E-state index in [-0.39, 0.29) is 12.0 Å². The lowest BCUT2D eigenvalue weighted by atomic mass is 10.1. The highest BCUT2D eigenvalue weighted by Crippen LogP contribution is 2.48. The van der Waals surface area contributed by atoms with Gasteiger partial charge in [0.15, 0.2) is 0 Å². The number of rotatable bonds is 2. The Morgan fingerprint density at radius 2 is 2.06 bits per heavy atom. The maximum Gasteiger partial charge on any atom is 0.226 e. The van der Waals surface area contributed by atoms with E-state index in [1.165, 1.54) is 5.56 Å². The van der Waals surface area contributed by atoms with Crippen molar-refractivity contribution in [2.75, 3.05) is 13.1 Å². The molecule has 3 rings (SSSR count). The van der Waals surface area contributed by atoms with E-state index >= 15 is 0 Å². The fourth-order valence-corrected chi connectivity index (χ4v) is 3.03. The standard InChI is InChI=1S/C14H17BrN2O/c15-10-3-1-9(2-4-10)12-7-13(12)14(18)17-6-5-11(16)8-17/h1-4,11-13H,5-8,16H2/t11-,12+,13+/m1/s1. The average molecular weight is 309 g/mol. The molecule has 2 aliphatic rings. The number of amides is 1. The van der Waals surface area contributed by atoms with E-state index in [1.807, 2.05) is 17.0 Å². The lowest BCUT2D eigenvalue weighted by Crippen LogP contribution is -2.33. The third kappa shape index (κ3) is 2.31. The van der Waals surface area contributed by atoms with Gasteiger partial charge in [0.1, 0.15) is 0 Å². The molecule has 96 valence electrons. The van der Waals surface area contributed by atoms with Gasteiger partial charge < -0.3 is 10.6 Å². The summed E-state index contributed by atoms with van der Waals surface area (Å²) in [5, 5.41) is 0. The molecule has 1 aromatic rings. The zero-order valence-corrected chi connectivity index (χ0v) is 11.8. The number of carbonyl (C=O) groups is 1. The number of carbonyl (C=O) groups excluding carboxylic acids is 1. The number of nitrogens with zero attached hydrogens (tertiary/aromatic N) is 1. The summed E-state index contributed by atoms with van der Waals surface area (Å²) in [6.07, 6.45) is 1.94. The molecular formula is C14H17BrN2O. The number of likely N-dealkylation sites (tertiary alicyclic amines) is 1. The van der Waals surface area contributed by atoms with Crippen LogP contribution in [0, 0.1) is 5.92 Å². The summed E-state index contributed by atoms with van der Waals surface area (Å²) in [5.41, 5.74) is 7.12. The van der Waals surface area contributed by atoms with Gasteiger partial charge in [-0.3, -0.25) is 4.79 Å². The van der Waals surface area contributed by atoms with E-state index in [1.54, 1.807) is 0 Å². The lowest BCUT2D eigenvalue weighted by Gasteiger charge is -2.15. The van der Waals surface area contributed by atoms with Crippen LogP contribution >= 0.6 is 15.9 Å². The van der Waals surface area contributed by atoms with Crippen LogP contribution in [0.3, 0.4) is 0 Å². The van der Waals surface area contributed by atoms with E-state index in [4.69, 9.17) is 5.73 Å². The molecule has 3 nitrogen and oxygen atoms in total. The molecule has 0 spiro atoms. The van der Waals surface area contributed by atoms with E-state index in [2.05, 4.69) is 28.1 Å². The number of halogens is 1. The quantitative estimate of drug-likeness (QED) is 0.909. The largest absolute Gasteiger partial charge is 0.341 e. The molecule has 2 N–H and O–H groups in total. The molecule has 0 bridgehead atoms. The molecule has 1 aliphatic heterocycles. The first-order chi connectivity index (χ1) is 8.65. The Morgan fingerprint density at radius 3 is 2.67 bits per heavy atom. The zero-order valence-electron chi connectivity index (χ0n) is 10.2. The van der Waals surface area contributed by atoms with Crippen molar-refractivity contribution in [3.05, 3.63) is 34.3 Å². The third-order valence-corrected chi connectivity index (χ3v) is 4.47. The highest BCUT2D eigenvalue weighted by Gasteiger charge is 2.46. The van der Waals surface area contributed by atoms with Gasteiger partial charge in [0.25, 0.3) is 0 Å². The normalized spacial score (nSPS) is 30.6. The second kappa shape index (κ2) is 4.67. The van der Waals surface area contributed by atoms with Crippen LogP contribution in [-0.2, 0) is 4.79 Å². The second-order valence-electron chi connectivity index (χ2n) is 5.33. The third-order valence-electron chi connectivity index (χ3n) is 3.94. The maximum absolute atomic E-state index is 12.3. The lowest BCUT2D eigenvalue weighted by molar-refractivity contribution is -0.131. The molecule has 3 atom stereocenters. The van der Waals surface area contributed by atoms with Crippen LogP contribution in [-0.4, -0.2) is 29.9 Å². The fourth-order valence-electron chi connectivity index (χ4n) is 2.77. The average Bonchev–Trinajstić information content (AvgIpc) is 3.04. The molecule has 1 saturated carbocycles. The number of hydrogen-bond acceptors (Lipinski definition) is 2. The maximum atomic E-state index is 12.3. The second-order valence-corrected chi connectivity index (χ2v) is 6.25. The van der Waals surface area contributed by atoms with Crippen LogP contribution in [0.5, 0.6) is 0 Å². The predicted molar refractivity (Wildman–Crippen MR) is 74.2 cm³/mol. The van der Waals surface area contributed by atoms with Gasteiger partial charge in [-0.15, -0.1) is 0 Å². The van der Waals surface area contributed by atoms with Crippen molar-refractivity contribution in [1.82, 2.24) is 4.90 Å². The van der Waals surface area contributed by atoms with Gasteiger partial charge in [-0.05, 0) is 36.5 Å². The van der Waals surface area contributed by atoms with Gasteiger partial charge in [0, 0.05) is 29.5 Å². The fraction of sp³-hybridized carbons (Fsp3) is 0.500. The molecule has 1 saturated heterocycles. The number of hydrogen-bond donors (Lipinski definition) is 1. The van der Waals surface area contributed by atoms with Crippen LogP contribution in [0.1, 0.15) is 24.3 Å². The van der Waals surface area contributed by atoms with Crippen molar-refractivity contribution in [2.24, 2.45) is 11.7 Å². The summed E-state index contributed by atoms with van der Waals surface area (Å²) in [4.78, 5) is 14.2. The summed E-state index contributed by atoms with van der Waals surface area (Å²) in [7, 11) is 0. The van der Waals surface area contributed by atoms with Gasteiger partial charge in [-0.25, -0.2) is 0 Å². The van der Waals surface area contributed by atoms with Crippen LogP contribution in [0.4, 0.5) is 0 Å². The smallest absolute Gasteiger partial charge is 0.226 e. The minimum atomic E-state index is 0.179. The minimum absolute atomic E-state index is 0.179. The molecule has 18 heavy (non-hydrogen) atoms. The number of nitrogens with two attached hydrogens (primary N) is 1. The topological polar surface area (TPSA) is 46.3 Å². The summed E-state index contributed by atoms with van der Waals surface area (Å²) >= 11 is 3.43. The van der Waals surface area contributed by atoms with Gasteiger partial charge in [-0.2, -0.15) is 0 Å². The Kier molecular flexibility index (Phi) is 3.16. The van der Waals surface area contributed by atoms with Crippen molar-refractivity contribution in [3.8, 4) is 0 Å². The molecule has 1 heterocycles. The molecule has 2 fully saturated rings. The molecule has 1 amide bonds. The van der Waals surface area contributed by atoms with Crippen molar-refractivity contribution in [3.63, 3.8) is 0 Å². The Balaban J connectivity index is 1.63. The summed E-state index contributed by atoms with van der Waals surface area (Å²) in [6, 6.07) is 8.48. The van der Waals surface area contributed by atoms with Gasteiger partial charge in [-0.1, -0.05) is 28.1 Å². The van der Waals surface area contributed by atoms with Crippen molar-refractivity contribution in [1.29, 1.82) is 0 Å². The first kappa shape index (κ1) is 12.2. The van der Waals surface area contributed by atoms with Crippen molar-refractivity contribution >= 4 is 21.8 Å². The van der Waals surface area contributed by atoms with Crippen molar-refractivity contribution in [2.45, 2.75) is 24.8 Å². The Bertz CT molecular complexity index is 459. The van der Waals surface area contributed by atoms with Crippen LogP contribution < -0.4 is 5.73 Å². The molecular weight excluding hydrogens is 292 g/mol. The summed E-state index contributed by atoms with van der Waals surface area (Å²) in [5.74, 6) is 0.912. The highest BCUT2D eigenvalue weighted by molar-refractivity contribution is 9.10. The molecule has 1 aromatic carbocycles. The summed E-state index contributed by atoms with van der Waals surface area (Å²) in [6.45, 7) is 1.58. The van der Waals surface area contributed by atoms with E-state index in [0.717, 1.165) is 30.4 Å². The molecule has 1 aliphatic carbocycles. The first-order valence-electron chi connectivity index (χ1n) is 6.45. The van der Waals surface area contributed by atoms with Crippen molar-refractivity contribution < 1.29 is 4.79 Å². The SMILES string of the molecule is N[C@@H]1CCN(C(=O)[C@H]2C[C@H]2c2ccc(Br)cc2)C1. The first-order valence-corrected chi connectivity index (χ1v) is 7.24. The molecule has 0 unspecified atom stereocenters. The molecule has 0 radical (unpaired) electrons. The Labute approximate surface area is 115 Å². The van der Waals surface area contributed by atoms with Crippen LogP contribution in [0.25, 0.3) is 0 Å². The zero-order chi connectivity index (χ0) is 12.7. The van der Waals surface area contributed by atoms with Gasteiger partial charge in [0.2, 0.25) is 5.91 Å². The van der Waals surface area contributed by atoms with E-state index in [0.29, 0.717) is 11.8 Å². The molecule has 0 aromatic heterocycles. The van der Waals surface area contributed by atoms with Crippen LogP contribution in [0.15, 0.2) is 28.7 Å². The summed E-state index contributed by atoms with van der Waals surface area (Å²) < 4.78 is 1.08. The van der Waals surface area contributed by atoms with Crippen LogP contribution in [0.2, 0.25) is 0 Å². The van der Waals surface area contributed by atoms with Gasteiger partial charge in [0.05, 0.1) is 0 Å². The minimum Gasteiger partial charge on any atom is -0.341 e. The molecule has 4 heteroatoms. The predicted octanol–water partition coefficient (Wildman–Crippen LogP) is 2.11. The monoisotopic (exact) mass is 308 g/mol. The Morgan fingerprint density at radius 1 is 1.33 bits per heavy atom. The van der Waals surface area contributed by atoms with E-state index < -0.39 is 0 Å². The highest BCUT2D eigenvalue weighted by atomic mass is 79.9. The Hall–Kier alpha value is -0.870. The number of benzene rings is 1. The van der Waals surface area contributed by atoms with E-state index in [9.17, 15) is 4.79 Å².